The minimum absolute atomic E-state index is 0.0702. The van der Waals surface area contributed by atoms with Gasteiger partial charge in [-0.3, -0.25) is 4.79 Å². The summed E-state index contributed by atoms with van der Waals surface area (Å²) in [7, 11) is 0. The number of Topliss-reactive ketones (excluding diaryl/α,β-unsaturated/α-hetero) is 1. The van der Waals surface area contributed by atoms with Gasteiger partial charge in [0, 0.05) is 17.0 Å². The fraction of sp³-hybridized carbons (Fsp3) is 0.278. The van der Waals surface area contributed by atoms with Gasteiger partial charge in [-0.1, -0.05) is 17.8 Å². The summed E-state index contributed by atoms with van der Waals surface area (Å²) in [5.74, 6) is 1.19. The molecule has 3 rings (SSSR count). The lowest BCUT2D eigenvalue weighted by atomic mass is 10.1. The molecular weight excluding hydrogens is 354 g/mol. The van der Waals surface area contributed by atoms with Gasteiger partial charge in [-0.2, -0.15) is 0 Å². The number of aryl methyl sites for hydroxylation is 2. The largest absolute Gasteiger partial charge is 0.494 e. The Morgan fingerprint density at radius 3 is 2.84 bits per heavy atom. The van der Waals surface area contributed by atoms with Crippen molar-refractivity contribution in [3.63, 3.8) is 0 Å². The number of carbonyl (C=O) groups is 1. The summed E-state index contributed by atoms with van der Waals surface area (Å²) in [4.78, 5) is 13.7. The maximum atomic E-state index is 12.3. The van der Waals surface area contributed by atoms with Crippen LogP contribution in [0, 0.1) is 0 Å². The van der Waals surface area contributed by atoms with Crippen LogP contribution in [0.3, 0.4) is 0 Å². The summed E-state index contributed by atoms with van der Waals surface area (Å²) in [6.07, 6.45) is 2.66. The molecule has 1 aromatic carbocycles. The van der Waals surface area contributed by atoms with Gasteiger partial charge in [0.2, 0.25) is 0 Å². The molecule has 0 aliphatic rings. The van der Waals surface area contributed by atoms with E-state index in [2.05, 4.69) is 27.7 Å². The second-order valence-electron chi connectivity index (χ2n) is 5.31. The van der Waals surface area contributed by atoms with Gasteiger partial charge in [0.1, 0.15) is 12.1 Å². The zero-order valence-electron chi connectivity index (χ0n) is 13.9. The van der Waals surface area contributed by atoms with Crippen LogP contribution in [0.1, 0.15) is 22.2 Å². The Hall–Kier alpha value is -2.12. The van der Waals surface area contributed by atoms with Crippen molar-refractivity contribution in [2.45, 2.75) is 25.0 Å². The summed E-state index contributed by atoms with van der Waals surface area (Å²) in [5.41, 5.74) is 0.681. The zero-order valence-corrected chi connectivity index (χ0v) is 15.6. The van der Waals surface area contributed by atoms with Crippen LogP contribution in [-0.4, -0.2) is 32.9 Å². The SMILES string of the molecule is CCOc1ccc(C(=O)CSc2nncn2CCc2cccs2)cc1. The first kappa shape index (κ1) is 17.7. The molecule has 0 fully saturated rings. The Kier molecular flexibility index (Phi) is 6.25. The maximum Gasteiger partial charge on any atom is 0.191 e. The van der Waals surface area contributed by atoms with Crippen molar-refractivity contribution in [3.05, 3.63) is 58.5 Å². The zero-order chi connectivity index (χ0) is 17.5. The monoisotopic (exact) mass is 373 g/mol. The molecule has 0 aliphatic carbocycles. The van der Waals surface area contributed by atoms with Gasteiger partial charge in [-0.05, 0) is 49.1 Å². The van der Waals surface area contributed by atoms with Gasteiger partial charge in [-0.25, -0.2) is 0 Å². The van der Waals surface area contributed by atoms with E-state index < -0.39 is 0 Å². The van der Waals surface area contributed by atoms with Gasteiger partial charge < -0.3 is 9.30 Å². The van der Waals surface area contributed by atoms with Crippen molar-refractivity contribution >= 4 is 28.9 Å². The first-order chi connectivity index (χ1) is 12.3. The Bertz CT molecular complexity index is 798. The molecule has 3 aromatic rings. The van der Waals surface area contributed by atoms with Gasteiger partial charge in [-0.15, -0.1) is 21.5 Å². The number of hydrogen-bond donors (Lipinski definition) is 0. The Morgan fingerprint density at radius 2 is 2.12 bits per heavy atom. The van der Waals surface area contributed by atoms with E-state index in [0.717, 1.165) is 23.9 Å². The number of carbonyl (C=O) groups excluding carboxylic acids is 1. The lowest BCUT2D eigenvalue weighted by Crippen LogP contribution is -2.06. The standard InChI is InChI=1S/C18H19N3O2S2/c1-2-23-15-7-5-14(6-8-15)17(22)12-25-18-20-19-13-21(18)10-9-16-4-3-11-24-16/h3-8,11,13H,2,9-10,12H2,1H3. The molecule has 0 saturated carbocycles. The minimum Gasteiger partial charge on any atom is -0.494 e. The molecular formula is C18H19N3O2S2. The van der Waals surface area contributed by atoms with Crippen LogP contribution in [0.25, 0.3) is 0 Å². The van der Waals surface area contributed by atoms with E-state index >= 15 is 0 Å². The van der Waals surface area contributed by atoms with Gasteiger partial charge >= 0.3 is 0 Å². The van der Waals surface area contributed by atoms with Crippen LogP contribution in [-0.2, 0) is 13.0 Å². The molecule has 0 unspecified atom stereocenters. The quantitative estimate of drug-likeness (QED) is 0.420. The Morgan fingerprint density at radius 1 is 1.28 bits per heavy atom. The summed E-state index contributed by atoms with van der Waals surface area (Å²) in [6, 6.07) is 11.4. The molecule has 0 aliphatic heterocycles. The third-order valence-corrected chi connectivity index (χ3v) is 5.50. The third-order valence-electron chi connectivity index (χ3n) is 3.58. The minimum atomic E-state index is 0.0702. The number of ketones is 1. The second kappa shape index (κ2) is 8.82. The smallest absolute Gasteiger partial charge is 0.191 e. The number of thiophene rings is 1. The average Bonchev–Trinajstić information content (AvgIpc) is 3.30. The highest BCUT2D eigenvalue weighted by molar-refractivity contribution is 7.99. The summed E-state index contributed by atoms with van der Waals surface area (Å²) in [5, 5.41) is 10.9. The molecule has 0 atom stereocenters. The molecule has 0 amide bonds. The first-order valence-corrected chi connectivity index (χ1v) is 9.92. The first-order valence-electron chi connectivity index (χ1n) is 8.05. The number of benzene rings is 1. The molecule has 2 aromatic heterocycles. The summed E-state index contributed by atoms with van der Waals surface area (Å²) >= 11 is 3.17. The predicted octanol–water partition coefficient (Wildman–Crippen LogP) is 3.96. The molecule has 7 heteroatoms. The highest BCUT2D eigenvalue weighted by Crippen LogP contribution is 2.19. The van der Waals surface area contributed by atoms with Crippen molar-refractivity contribution in [1.29, 1.82) is 0 Å². The molecule has 5 nitrogen and oxygen atoms in total. The van der Waals surface area contributed by atoms with E-state index in [-0.39, 0.29) is 5.78 Å². The normalized spacial score (nSPS) is 10.8. The van der Waals surface area contributed by atoms with Crippen LogP contribution in [0.4, 0.5) is 0 Å². The second-order valence-corrected chi connectivity index (χ2v) is 7.28. The van der Waals surface area contributed by atoms with Crippen LogP contribution < -0.4 is 4.74 Å². The number of rotatable bonds is 9. The molecule has 0 radical (unpaired) electrons. The van der Waals surface area contributed by atoms with E-state index in [0.29, 0.717) is 17.9 Å². The van der Waals surface area contributed by atoms with Crippen molar-refractivity contribution in [2.24, 2.45) is 0 Å². The van der Waals surface area contributed by atoms with Gasteiger partial charge in [0.25, 0.3) is 0 Å². The molecule has 25 heavy (non-hydrogen) atoms. The number of hydrogen-bond acceptors (Lipinski definition) is 6. The van der Waals surface area contributed by atoms with E-state index in [4.69, 9.17) is 4.74 Å². The molecule has 130 valence electrons. The number of thioether (sulfide) groups is 1. The number of ether oxygens (including phenoxy) is 1. The fourth-order valence-corrected chi connectivity index (χ4v) is 3.85. The molecule has 2 heterocycles. The third kappa shape index (κ3) is 4.93. The average molecular weight is 374 g/mol. The van der Waals surface area contributed by atoms with Crippen LogP contribution in [0.2, 0.25) is 0 Å². The summed E-state index contributed by atoms with van der Waals surface area (Å²) in [6.45, 7) is 3.36. The van der Waals surface area contributed by atoms with Crippen molar-refractivity contribution in [1.82, 2.24) is 14.8 Å². The van der Waals surface area contributed by atoms with E-state index in [1.165, 1.54) is 16.6 Å². The van der Waals surface area contributed by atoms with Crippen LogP contribution in [0.5, 0.6) is 5.75 Å². The van der Waals surface area contributed by atoms with Gasteiger partial charge in [0.05, 0.1) is 12.4 Å². The van der Waals surface area contributed by atoms with Crippen LogP contribution in [0.15, 0.2) is 53.3 Å². The van der Waals surface area contributed by atoms with Gasteiger partial charge in [0.15, 0.2) is 10.9 Å². The number of nitrogens with zero attached hydrogens (tertiary/aromatic N) is 3. The van der Waals surface area contributed by atoms with Crippen molar-refractivity contribution in [3.8, 4) is 5.75 Å². The Labute approximate surface area is 155 Å². The fourth-order valence-electron chi connectivity index (χ4n) is 2.31. The molecule has 0 saturated heterocycles. The van der Waals surface area contributed by atoms with Crippen molar-refractivity contribution < 1.29 is 9.53 Å². The maximum absolute atomic E-state index is 12.3. The van der Waals surface area contributed by atoms with E-state index in [1.54, 1.807) is 29.8 Å². The lowest BCUT2D eigenvalue weighted by molar-refractivity contribution is 0.102. The predicted molar refractivity (Wildman–Crippen MR) is 101 cm³/mol. The van der Waals surface area contributed by atoms with E-state index in [1.807, 2.05) is 23.6 Å². The highest BCUT2D eigenvalue weighted by atomic mass is 32.2. The molecule has 0 bridgehead atoms. The Balaban J connectivity index is 1.54. The lowest BCUT2D eigenvalue weighted by Gasteiger charge is -2.06. The number of aromatic nitrogens is 3. The van der Waals surface area contributed by atoms with E-state index in [9.17, 15) is 4.79 Å². The molecule has 0 spiro atoms. The van der Waals surface area contributed by atoms with Crippen LogP contribution >= 0.6 is 23.1 Å². The molecule has 0 N–H and O–H groups in total. The topological polar surface area (TPSA) is 57.0 Å². The highest BCUT2D eigenvalue weighted by Gasteiger charge is 2.11. The summed E-state index contributed by atoms with van der Waals surface area (Å²) < 4.78 is 7.39. The van der Waals surface area contributed by atoms with Crippen molar-refractivity contribution in [2.75, 3.05) is 12.4 Å².